The summed E-state index contributed by atoms with van der Waals surface area (Å²) in [6.07, 6.45) is 4.05. The number of anilines is 3. The van der Waals surface area contributed by atoms with Crippen molar-refractivity contribution in [2.45, 2.75) is 40.2 Å². The van der Waals surface area contributed by atoms with Crippen LogP contribution >= 0.6 is 0 Å². The SMILES string of the molecule is Cc1cc(C)c(-c2cc(Oc3[c-]c(N4[CH-]N(C)C(C)(C)c5ccccc54)ccc3)[c-]c(N3C=CN(C)[CH-]3)c2)c(C)c1.[Pt+4]. The largest absolute Gasteiger partial charge is 4.00 e. The number of rotatable bonds is 5. The summed E-state index contributed by atoms with van der Waals surface area (Å²) in [4.78, 5) is 8.50. The van der Waals surface area contributed by atoms with E-state index in [9.17, 15) is 0 Å². The molecule has 0 bridgehead atoms. The number of aryl methyl sites for hydroxylation is 3. The summed E-state index contributed by atoms with van der Waals surface area (Å²) >= 11 is 0. The molecule has 0 unspecified atom stereocenters. The zero-order valence-corrected chi connectivity index (χ0v) is 27.4. The second-order valence-electron chi connectivity index (χ2n) is 11.6. The average Bonchev–Trinajstić information content (AvgIpc) is 3.37. The molecule has 0 radical (unpaired) electrons. The topological polar surface area (TPSA) is 22.2 Å². The van der Waals surface area contributed by atoms with E-state index in [4.69, 9.17) is 4.74 Å². The van der Waals surface area contributed by atoms with E-state index in [0.717, 1.165) is 22.6 Å². The molecule has 2 aliphatic rings. The van der Waals surface area contributed by atoms with Crippen LogP contribution in [0, 0.1) is 46.2 Å². The van der Waals surface area contributed by atoms with E-state index in [1.807, 2.05) is 43.1 Å². The van der Waals surface area contributed by atoms with Gasteiger partial charge in [-0.15, -0.1) is 53.3 Å². The van der Waals surface area contributed by atoms with Gasteiger partial charge in [0.2, 0.25) is 0 Å². The van der Waals surface area contributed by atoms with Gasteiger partial charge in [0.15, 0.2) is 0 Å². The molecule has 42 heavy (non-hydrogen) atoms. The fraction of sp³-hybridized carbons (Fsp3) is 0.222. The molecule has 6 rings (SSSR count). The number of para-hydroxylation sites is 1. The molecule has 0 fully saturated rings. The third-order valence-electron chi connectivity index (χ3n) is 8.07. The molecule has 0 saturated heterocycles. The molecule has 2 heterocycles. The van der Waals surface area contributed by atoms with Crippen molar-refractivity contribution >= 4 is 17.1 Å². The van der Waals surface area contributed by atoms with Gasteiger partial charge in [-0.1, -0.05) is 35.9 Å². The molecule has 6 heteroatoms. The third kappa shape index (κ3) is 5.61. The molecule has 0 aromatic heterocycles. The van der Waals surface area contributed by atoms with Gasteiger partial charge in [0.05, 0.1) is 0 Å². The first-order valence-electron chi connectivity index (χ1n) is 14.0. The maximum absolute atomic E-state index is 6.51. The van der Waals surface area contributed by atoms with Gasteiger partial charge in [-0.3, -0.25) is 0 Å². The predicted octanol–water partition coefficient (Wildman–Crippen LogP) is 8.45. The summed E-state index contributed by atoms with van der Waals surface area (Å²) in [7, 11) is 4.13. The Bertz CT molecular complexity index is 1620. The molecule has 0 N–H and O–H groups in total. The normalized spacial score (nSPS) is 15.9. The number of hydrogen-bond acceptors (Lipinski definition) is 5. The van der Waals surface area contributed by atoms with Crippen LogP contribution in [0.4, 0.5) is 17.1 Å². The van der Waals surface area contributed by atoms with Gasteiger partial charge in [0, 0.05) is 22.7 Å². The summed E-state index contributed by atoms with van der Waals surface area (Å²) in [5.41, 5.74) is 10.2. The van der Waals surface area contributed by atoms with E-state index in [-0.39, 0.29) is 26.6 Å². The van der Waals surface area contributed by atoms with Gasteiger partial charge in [0.1, 0.15) is 0 Å². The molecule has 0 spiro atoms. The van der Waals surface area contributed by atoms with Crippen molar-refractivity contribution in [1.29, 1.82) is 0 Å². The molecule has 0 atom stereocenters. The average molecular weight is 736 g/mol. The van der Waals surface area contributed by atoms with Gasteiger partial charge in [0.25, 0.3) is 0 Å². The number of nitrogens with zero attached hydrogens (tertiary/aromatic N) is 4. The minimum atomic E-state index is -0.117. The quantitative estimate of drug-likeness (QED) is 0.192. The Hall–Kier alpha value is -3.53. The van der Waals surface area contributed by atoms with E-state index >= 15 is 0 Å². The van der Waals surface area contributed by atoms with Crippen LogP contribution in [0.3, 0.4) is 0 Å². The van der Waals surface area contributed by atoms with Gasteiger partial charge < -0.3 is 24.3 Å². The van der Waals surface area contributed by atoms with E-state index in [1.54, 1.807) is 0 Å². The van der Waals surface area contributed by atoms with Crippen LogP contribution in [0.5, 0.6) is 11.5 Å². The van der Waals surface area contributed by atoms with Crippen molar-refractivity contribution < 1.29 is 25.8 Å². The molecular formula is C36H36N4OPt. The molecule has 4 aromatic rings. The van der Waals surface area contributed by atoms with Gasteiger partial charge >= 0.3 is 21.1 Å². The van der Waals surface area contributed by atoms with Crippen LogP contribution in [-0.4, -0.2) is 23.9 Å². The number of fused-ring (bicyclic) bond motifs is 1. The molecule has 0 amide bonds. The maximum Gasteiger partial charge on any atom is 4.00 e. The van der Waals surface area contributed by atoms with Crippen molar-refractivity contribution in [3.63, 3.8) is 0 Å². The van der Waals surface area contributed by atoms with Crippen molar-refractivity contribution in [1.82, 2.24) is 9.80 Å². The summed E-state index contributed by atoms with van der Waals surface area (Å²) in [6.45, 7) is 15.1. The first-order valence-corrected chi connectivity index (χ1v) is 14.0. The van der Waals surface area contributed by atoms with Crippen LogP contribution in [0.25, 0.3) is 11.1 Å². The minimum absolute atomic E-state index is 0. The predicted molar refractivity (Wildman–Crippen MR) is 168 cm³/mol. The monoisotopic (exact) mass is 735 g/mol. The van der Waals surface area contributed by atoms with Crippen LogP contribution in [0.1, 0.15) is 36.1 Å². The smallest absolute Gasteiger partial charge is 0.510 e. The number of ether oxygens (including phenoxy) is 1. The van der Waals surface area contributed by atoms with Gasteiger partial charge in [-0.05, 0) is 89.4 Å². The molecule has 4 aromatic carbocycles. The summed E-state index contributed by atoms with van der Waals surface area (Å²) in [5.74, 6) is 1.28. The number of benzene rings is 4. The second kappa shape index (κ2) is 11.6. The molecule has 0 aliphatic carbocycles. The van der Waals surface area contributed by atoms with Crippen LogP contribution in [0.2, 0.25) is 0 Å². The summed E-state index contributed by atoms with van der Waals surface area (Å²) in [6, 6.07) is 30.3. The molecule has 5 nitrogen and oxygen atoms in total. The summed E-state index contributed by atoms with van der Waals surface area (Å²) in [5, 5.41) is 0. The Morgan fingerprint density at radius 3 is 2.19 bits per heavy atom. The van der Waals surface area contributed by atoms with Gasteiger partial charge in [-0.2, -0.15) is 19.4 Å². The second-order valence-corrected chi connectivity index (χ2v) is 11.6. The Labute approximate surface area is 265 Å². The zero-order valence-electron chi connectivity index (χ0n) is 25.2. The molecule has 216 valence electrons. The number of hydrogen-bond donors (Lipinski definition) is 0. The Balaban J connectivity index is 0.00000353. The minimum Gasteiger partial charge on any atom is -0.510 e. The van der Waals surface area contributed by atoms with E-state index in [0.29, 0.717) is 11.5 Å². The molecular weight excluding hydrogens is 700 g/mol. The van der Waals surface area contributed by atoms with Crippen LogP contribution < -0.4 is 14.5 Å². The fourth-order valence-electron chi connectivity index (χ4n) is 5.81. The van der Waals surface area contributed by atoms with Crippen molar-refractivity contribution in [3.05, 3.63) is 127 Å². The Kier molecular flexibility index (Phi) is 8.29. The molecule has 0 saturated carbocycles. The molecule has 2 aliphatic heterocycles. The van der Waals surface area contributed by atoms with E-state index in [1.165, 1.54) is 27.8 Å². The fourth-order valence-corrected chi connectivity index (χ4v) is 5.81. The standard InChI is InChI=1S/C36H36N4O.Pt/c1-25-17-26(2)35(27(3)18-25)28-19-30(39-16-15-37(6)23-39)22-32(20-28)41-31-12-10-11-29(21-31)40-24-38(7)36(4,5)33-13-8-9-14-34(33)40;/h8-20,23-24H,1-7H3;/q-4;+4. The summed E-state index contributed by atoms with van der Waals surface area (Å²) < 4.78 is 6.51. The van der Waals surface area contributed by atoms with Gasteiger partial charge in [-0.25, -0.2) is 0 Å². The Morgan fingerprint density at radius 1 is 0.762 bits per heavy atom. The van der Waals surface area contributed by atoms with Crippen molar-refractivity contribution in [3.8, 4) is 22.6 Å². The Morgan fingerprint density at radius 2 is 1.48 bits per heavy atom. The zero-order chi connectivity index (χ0) is 28.9. The van der Waals surface area contributed by atoms with E-state index in [2.05, 4.69) is 130 Å². The van der Waals surface area contributed by atoms with Crippen molar-refractivity contribution in [2.24, 2.45) is 0 Å². The van der Waals surface area contributed by atoms with Crippen molar-refractivity contribution in [2.75, 3.05) is 23.9 Å². The maximum atomic E-state index is 6.51. The van der Waals surface area contributed by atoms with E-state index < -0.39 is 0 Å². The third-order valence-corrected chi connectivity index (χ3v) is 8.07. The van der Waals surface area contributed by atoms with Crippen LogP contribution in [0.15, 0.2) is 79.1 Å². The first-order chi connectivity index (χ1) is 19.6. The van der Waals surface area contributed by atoms with Crippen LogP contribution in [-0.2, 0) is 26.6 Å². The first kappa shape index (κ1) is 29.9.